The number of amides is 1. The van der Waals surface area contributed by atoms with Crippen LogP contribution in [-0.2, 0) is 17.8 Å². The van der Waals surface area contributed by atoms with E-state index in [0.29, 0.717) is 18.7 Å². The number of halogens is 2. The third-order valence-corrected chi connectivity index (χ3v) is 5.00. The van der Waals surface area contributed by atoms with Gasteiger partial charge in [-0.15, -0.1) is 0 Å². The number of hydrogen-bond acceptors (Lipinski definition) is 2. The Morgan fingerprint density at radius 3 is 2.67 bits per heavy atom. The molecule has 126 valence electrons. The van der Waals surface area contributed by atoms with Crippen molar-refractivity contribution in [2.75, 3.05) is 16.4 Å². The first kappa shape index (κ1) is 17.2. The van der Waals surface area contributed by atoms with Crippen LogP contribution in [-0.4, -0.2) is 17.4 Å². The second-order valence-corrected chi connectivity index (χ2v) is 6.98. The summed E-state index contributed by atoms with van der Waals surface area (Å²) in [4.78, 5) is 14.5. The number of rotatable bonds is 5. The molecule has 0 saturated heterocycles. The Kier molecular flexibility index (Phi) is 5.38. The average Bonchev–Trinajstić information content (AvgIpc) is 2.59. The number of benzene rings is 2. The maximum Gasteiger partial charge on any atom is 0.230 e. The van der Waals surface area contributed by atoms with Crippen LogP contribution in [0.25, 0.3) is 0 Å². The number of ether oxygens (including phenoxy) is 1. The largest absolute Gasteiger partial charge is 0.497 e. The van der Waals surface area contributed by atoms with Gasteiger partial charge in [0.2, 0.25) is 5.91 Å². The Morgan fingerprint density at radius 1 is 1.25 bits per heavy atom. The highest BCUT2D eigenvalue weighted by molar-refractivity contribution is 14.1. The van der Waals surface area contributed by atoms with Gasteiger partial charge in [-0.3, -0.25) is 4.79 Å². The lowest BCUT2D eigenvalue weighted by Gasteiger charge is -2.34. The van der Waals surface area contributed by atoms with Crippen molar-refractivity contribution >= 4 is 34.2 Å². The number of carbonyl (C=O) groups is 1. The number of nitrogens with zero attached hydrogens (tertiary/aromatic N) is 1. The van der Waals surface area contributed by atoms with Crippen LogP contribution in [0.2, 0.25) is 0 Å². The van der Waals surface area contributed by atoms with Gasteiger partial charge in [0.05, 0.1) is 19.3 Å². The molecule has 3 nitrogen and oxygen atoms in total. The quantitative estimate of drug-likeness (QED) is 0.512. The standard InChI is InChI=1S/C19H19FINO2/c1-24-16-7-5-13(6-8-16)12-22-18-14(3-2-4-17(18)20)11-15(9-10-21)19(22)23/h2-8,15H,9-12H2,1H3. The molecule has 0 N–H and O–H groups in total. The summed E-state index contributed by atoms with van der Waals surface area (Å²) in [6.45, 7) is 0.370. The molecule has 0 aromatic heterocycles. The van der Waals surface area contributed by atoms with E-state index in [9.17, 15) is 9.18 Å². The van der Waals surface area contributed by atoms with E-state index in [0.717, 1.165) is 27.7 Å². The minimum atomic E-state index is -0.331. The first-order chi connectivity index (χ1) is 11.6. The second-order valence-electron chi connectivity index (χ2n) is 5.90. The Hall–Kier alpha value is -1.63. The van der Waals surface area contributed by atoms with E-state index >= 15 is 0 Å². The summed E-state index contributed by atoms with van der Waals surface area (Å²) >= 11 is 2.29. The van der Waals surface area contributed by atoms with Crippen LogP contribution in [0, 0.1) is 11.7 Å². The summed E-state index contributed by atoms with van der Waals surface area (Å²) in [6, 6.07) is 12.6. The molecule has 1 amide bonds. The van der Waals surface area contributed by atoms with Gasteiger partial charge >= 0.3 is 0 Å². The Labute approximate surface area is 154 Å². The van der Waals surface area contributed by atoms with E-state index in [1.165, 1.54) is 6.07 Å². The Bertz CT molecular complexity index is 733. The molecule has 0 bridgehead atoms. The van der Waals surface area contributed by atoms with Crippen molar-refractivity contribution in [2.24, 2.45) is 5.92 Å². The van der Waals surface area contributed by atoms with Crippen molar-refractivity contribution in [3.63, 3.8) is 0 Å². The first-order valence-corrected chi connectivity index (χ1v) is 9.44. The molecule has 1 aliphatic heterocycles. The van der Waals surface area contributed by atoms with E-state index in [4.69, 9.17) is 4.74 Å². The summed E-state index contributed by atoms with van der Waals surface area (Å²) < 4.78 is 20.5. The van der Waals surface area contributed by atoms with Crippen LogP contribution >= 0.6 is 22.6 Å². The van der Waals surface area contributed by atoms with Crippen molar-refractivity contribution in [3.05, 3.63) is 59.4 Å². The van der Waals surface area contributed by atoms with E-state index < -0.39 is 0 Å². The van der Waals surface area contributed by atoms with Crippen LogP contribution in [0.15, 0.2) is 42.5 Å². The molecular formula is C19H19FINO2. The van der Waals surface area contributed by atoms with Crippen molar-refractivity contribution in [2.45, 2.75) is 19.4 Å². The van der Waals surface area contributed by atoms with Gasteiger partial charge in [0.25, 0.3) is 0 Å². The lowest BCUT2D eigenvalue weighted by atomic mass is 9.89. The highest BCUT2D eigenvalue weighted by Crippen LogP contribution is 2.35. The van der Waals surface area contributed by atoms with E-state index in [2.05, 4.69) is 22.6 Å². The van der Waals surface area contributed by atoms with Gasteiger partial charge < -0.3 is 9.64 Å². The van der Waals surface area contributed by atoms with Crippen LogP contribution in [0.4, 0.5) is 10.1 Å². The molecule has 1 unspecified atom stereocenters. The fourth-order valence-corrected chi connectivity index (χ4v) is 3.89. The van der Waals surface area contributed by atoms with Gasteiger partial charge in [-0.25, -0.2) is 4.39 Å². The number of alkyl halides is 1. The third kappa shape index (κ3) is 3.41. The van der Waals surface area contributed by atoms with Crippen LogP contribution < -0.4 is 9.64 Å². The van der Waals surface area contributed by atoms with Gasteiger partial charge in [0.1, 0.15) is 11.6 Å². The molecule has 0 fully saturated rings. The highest BCUT2D eigenvalue weighted by Gasteiger charge is 2.34. The molecule has 2 aromatic carbocycles. The maximum atomic E-state index is 14.4. The molecule has 0 radical (unpaired) electrons. The molecule has 0 aliphatic carbocycles. The SMILES string of the molecule is COc1ccc(CN2C(=O)C(CCI)Cc3cccc(F)c32)cc1. The summed E-state index contributed by atoms with van der Waals surface area (Å²) in [5.74, 6) is 0.370. The van der Waals surface area contributed by atoms with Gasteiger partial charge in [0.15, 0.2) is 0 Å². The van der Waals surface area contributed by atoms with Crippen LogP contribution in [0.3, 0.4) is 0 Å². The summed E-state index contributed by atoms with van der Waals surface area (Å²) in [5.41, 5.74) is 2.30. The van der Waals surface area contributed by atoms with E-state index in [-0.39, 0.29) is 17.6 Å². The van der Waals surface area contributed by atoms with Gasteiger partial charge in [-0.1, -0.05) is 46.9 Å². The zero-order valence-electron chi connectivity index (χ0n) is 13.5. The van der Waals surface area contributed by atoms with Crippen LogP contribution in [0.1, 0.15) is 17.5 Å². The van der Waals surface area contributed by atoms with Crippen molar-refractivity contribution in [1.29, 1.82) is 0 Å². The normalized spacial score (nSPS) is 16.9. The molecule has 1 atom stereocenters. The van der Waals surface area contributed by atoms with Crippen molar-refractivity contribution < 1.29 is 13.9 Å². The zero-order valence-corrected chi connectivity index (χ0v) is 15.6. The summed E-state index contributed by atoms with van der Waals surface area (Å²) in [6.07, 6.45) is 1.43. The number of anilines is 1. The topological polar surface area (TPSA) is 29.5 Å². The number of carbonyl (C=O) groups excluding carboxylic acids is 1. The van der Waals surface area contributed by atoms with Gasteiger partial charge in [-0.2, -0.15) is 0 Å². The van der Waals surface area contributed by atoms with Crippen molar-refractivity contribution in [1.82, 2.24) is 0 Å². The maximum absolute atomic E-state index is 14.4. The molecule has 5 heteroatoms. The van der Waals surface area contributed by atoms with Gasteiger partial charge in [0, 0.05) is 10.3 Å². The Morgan fingerprint density at radius 2 is 2.00 bits per heavy atom. The fraction of sp³-hybridized carbons (Fsp3) is 0.316. The summed E-state index contributed by atoms with van der Waals surface area (Å²) in [7, 11) is 1.61. The average molecular weight is 439 g/mol. The number of hydrogen-bond donors (Lipinski definition) is 0. The molecule has 24 heavy (non-hydrogen) atoms. The molecular weight excluding hydrogens is 420 g/mol. The predicted molar refractivity (Wildman–Crippen MR) is 101 cm³/mol. The first-order valence-electron chi connectivity index (χ1n) is 7.91. The number of fused-ring (bicyclic) bond motifs is 1. The molecule has 0 spiro atoms. The second kappa shape index (κ2) is 7.51. The molecule has 3 rings (SSSR count). The predicted octanol–water partition coefficient (Wildman–Crippen LogP) is 4.36. The van der Waals surface area contributed by atoms with Gasteiger partial charge in [-0.05, 0) is 42.2 Å². The highest BCUT2D eigenvalue weighted by atomic mass is 127. The lowest BCUT2D eigenvalue weighted by Crippen LogP contribution is -2.41. The van der Waals surface area contributed by atoms with Crippen LogP contribution in [0.5, 0.6) is 5.75 Å². The molecule has 1 aliphatic rings. The fourth-order valence-electron chi connectivity index (χ4n) is 3.14. The third-order valence-electron chi connectivity index (χ3n) is 4.38. The number of methoxy groups -OCH3 is 1. The molecule has 2 aromatic rings. The minimum absolute atomic E-state index is 0.0140. The van der Waals surface area contributed by atoms with Crippen molar-refractivity contribution in [3.8, 4) is 5.75 Å². The monoisotopic (exact) mass is 439 g/mol. The summed E-state index contributed by atoms with van der Waals surface area (Å²) in [5, 5.41) is 0. The smallest absolute Gasteiger partial charge is 0.230 e. The minimum Gasteiger partial charge on any atom is -0.497 e. The molecule has 1 heterocycles. The van der Waals surface area contributed by atoms with E-state index in [1.54, 1.807) is 18.1 Å². The number of para-hydroxylation sites is 1. The zero-order chi connectivity index (χ0) is 17.1. The Balaban J connectivity index is 1.95. The molecule has 0 saturated carbocycles. The van der Waals surface area contributed by atoms with E-state index in [1.807, 2.05) is 30.3 Å². The lowest BCUT2D eigenvalue weighted by molar-refractivity contribution is -0.123.